The van der Waals surface area contributed by atoms with E-state index < -0.39 is 28.5 Å². The van der Waals surface area contributed by atoms with E-state index in [1.165, 1.54) is 11.3 Å². The third kappa shape index (κ3) is 8.05. The van der Waals surface area contributed by atoms with Gasteiger partial charge in [-0.05, 0) is 61.7 Å². The van der Waals surface area contributed by atoms with Crippen molar-refractivity contribution in [3.63, 3.8) is 0 Å². The summed E-state index contributed by atoms with van der Waals surface area (Å²) in [5, 5.41) is 3.09. The van der Waals surface area contributed by atoms with Crippen LogP contribution >= 0.6 is 31.9 Å². The third-order valence-corrected chi connectivity index (χ3v) is 8.32. The SMILES string of the molecule is C[C@H](C(=O)NC1CCCCC1)N(Cc1cccc(Br)c1)C(=O)CN(c1ccc(Br)cc1)S(C)(=O)=O. The van der Waals surface area contributed by atoms with Gasteiger partial charge in [-0.25, -0.2) is 8.42 Å². The highest BCUT2D eigenvalue weighted by Gasteiger charge is 2.31. The molecule has 0 heterocycles. The highest BCUT2D eigenvalue weighted by atomic mass is 79.9. The monoisotopic (exact) mass is 627 g/mol. The number of halogens is 2. The van der Waals surface area contributed by atoms with Crippen molar-refractivity contribution >= 4 is 59.4 Å². The molecule has 0 bridgehead atoms. The third-order valence-electron chi connectivity index (χ3n) is 6.15. The van der Waals surface area contributed by atoms with Gasteiger partial charge in [0.2, 0.25) is 21.8 Å². The molecular formula is C25H31Br2N3O4S. The van der Waals surface area contributed by atoms with Gasteiger partial charge < -0.3 is 10.2 Å². The molecule has 0 radical (unpaired) electrons. The van der Waals surface area contributed by atoms with Crippen LogP contribution in [0, 0.1) is 0 Å². The van der Waals surface area contributed by atoms with Gasteiger partial charge in [-0.2, -0.15) is 0 Å². The minimum absolute atomic E-state index is 0.108. The van der Waals surface area contributed by atoms with E-state index in [0.29, 0.717) is 5.69 Å². The molecule has 1 aliphatic carbocycles. The first-order valence-electron chi connectivity index (χ1n) is 11.6. The van der Waals surface area contributed by atoms with Gasteiger partial charge in [0.15, 0.2) is 0 Å². The van der Waals surface area contributed by atoms with Crippen LogP contribution in [0.25, 0.3) is 0 Å². The second-order valence-electron chi connectivity index (χ2n) is 8.92. The summed E-state index contributed by atoms with van der Waals surface area (Å²) in [6.45, 7) is 1.46. The van der Waals surface area contributed by atoms with Gasteiger partial charge >= 0.3 is 0 Å². The quantitative estimate of drug-likeness (QED) is 0.430. The van der Waals surface area contributed by atoms with Crippen LogP contribution in [0.2, 0.25) is 0 Å². The number of amides is 2. The number of hydrogen-bond acceptors (Lipinski definition) is 4. The molecule has 10 heteroatoms. The smallest absolute Gasteiger partial charge is 0.244 e. The highest BCUT2D eigenvalue weighted by molar-refractivity contribution is 9.10. The molecular weight excluding hydrogens is 598 g/mol. The van der Waals surface area contributed by atoms with Gasteiger partial charge in [-0.15, -0.1) is 0 Å². The average molecular weight is 629 g/mol. The highest BCUT2D eigenvalue weighted by Crippen LogP contribution is 2.23. The maximum absolute atomic E-state index is 13.6. The standard InChI is InChI=1S/C25H31Br2N3O4S/c1-18(25(32)28-22-9-4-3-5-10-22)29(16-19-7-6-8-21(27)15-19)24(31)17-30(35(2,33)34)23-13-11-20(26)12-14-23/h6-8,11-15,18,22H,3-5,9-10,16-17H2,1-2H3,(H,28,32)/t18-/m1/s1. The Kier molecular flexibility index (Phi) is 9.77. The first kappa shape index (κ1) is 27.7. The number of hydrogen-bond donors (Lipinski definition) is 1. The van der Waals surface area contributed by atoms with Gasteiger partial charge in [0.1, 0.15) is 12.6 Å². The predicted octanol–water partition coefficient (Wildman–Crippen LogP) is 4.84. The van der Waals surface area contributed by atoms with Gasteiger partial charge in [0.25, 0.3) is 0 Å². The molecule has 0 spiro atoms. The number of rotatable bonds is 9. The van der Waals surface area contributed by atoms with E-state index in [-0.39, 0.29) is 18.5 Å². The Morgan fingerprint density at radius 1 is 1.03 bits per heavy atom. The predicted molar refractivity (Wildman–Crippen MR) is 146 cm³/mol. The van der Waals surface area contributed by atoms with Crippen LogP contribution in [0.4, 0.5) is 5.69 Å². The molecule has 3 rings (SSSR count). The van der Waals surface area contributed by atoms with E-state index in [2.05, 4.69) is 37.2 Å². The number of benzene rings is 2. The molecule has 1 fully saturated rings. The summed E-state index contributed by atoms with van der Waals surface area (Å²) < 4.78 is 27.9. The Morgan fingerprint density at radius 2 is 1.69 bits per heavy atom. The normalized spacial score (nSPS) is 15.3. The van der Waals surface area contributed by atoms with Crippen molar-refractivity contribution in [1.82, 2.24) is 10.2 Å². The average Bonchev–Trinajstić information content (AvgIpc) is 2.81. The van der Waals surface area contributed by atoms with Crippen LogP contribution in [0.5, 0.6) is 0 Å². The number of anilines is 1. The van der Waals surface area contributed by atoms with Crippen molar-refractivity contribution in [2.75, 3.05) is 17.1 Å². The fourth-order valence-corrected chi connectivity index (χ4v) is 5.77. The molecule has 1 N–H and O–H groups in total. The molecule has 1 atom stereocenters. The molecule has 2 aromatic carbocycles. The van der Waals surface area contributed by atoms with Crippen LogP contribution < -0.4 is 9.62 Å². The summed E-state index contributed by atoms with van der Waals surface area (Å²) in [5.74, 6) is -0.681. The lowest BCUT2D eigenvalue weighted by Gasteiger charge is -2.33. The minimum Gasteiger partial charge on any atom is -0.352 e. The van der Waals surface area contributed by atoms with Crippen LogP contribution in [0.1, 0.15) is 44.6 Å². The number of nitrogens with zero attached hydrogens (tertiary/aromatic N) is 2. The van der Waals surface area contributed by atoms with E-state index in [1.807, 2.05) is 24.3 Å². The zero-order chi connectivity index (χ0) is 25.6. The molecule has 0 unspecified atom stereocenters. The van der Waals surface area contributed by atoms with Crippen molar-refractivity contribution in [2.24, 2.45) is 0 Å². The Balaban J connectivity index is 1.86. The Morgan fingerprint density at radius 3 is 2.29 bits per heavy atom. The summed E-state index contributed by atoms with van der Waals surface area (Å²) in [4.78, 5) is 28.2. The molecule has 0 aromatic heterocycles. The molecule has 35 heavy (non-hydrogen) atoms. The van der Waals surface area contributed by atoms with E-state index >= 15 is 0 Å². The van der Waals surface area contributed by atoms with Crippen molar-refractivity contribution in [1.29, 1.82) is 0 Å². The lowest BCUT2D eigenvalue weighted by atomic mass is 9.95. The van der Waals surface area contributed by atoms with Crippen LogP contribution in [0.15, 0.2) is 57.5 Å². The number of nitrogens with one attached hydrogen (secondary N) is 1. The van der Waals surface area contributed by atoms with Crippen LogP contribution in [-0.4, -0.2) is 50.0 Å². The minimum atomic E-state index is -3.75. The maximum Gasteiger partial charge on any atom is 0.244 e. The maximum atomic E-state index is 13.6. The molecule has 7 nitrogen and oxygen atoms in total. The second-order valence-corrected chi connectivity index (χ2v) is 12.7. The first-order valence-corrected chi connectivity index (χ1v) is 15.1. The fourth-order valence-electron chi connectivity index (χ4n) is 4.20. The van der Waals surface area contributed by atoms with Gasteiger partial charge in [-0.1, -0.05) is 63.3 Å². The Hall–Kier alpha value is -1.91. The summed E-state index contributed by atoms with van der Waals surface area (Å²) in [6.07, 6.45) is 6.27. The molecule has 2 aromatic rings. The van der Waals surface area contributed by atoms with Crippen molar-refractivity contribution in [3.05, 3.63) is 63.0 Å². The molecule has 1 saturated carbocycles. The van der Waals surface area contributed by atoms with Crippen LogP contribution in [0.3, 0.4) is 0 Å². The molecule has 0 aliphatic heterocycles. The van der Waals surface area contributed by atoms with Crippen molar-refractivity contribution in [2.45, 2.75) is 57.7 Å². The first-order chi connectivity index (χ1) is 16.5. The molecule has 2 amide bonds. The summed E-state index contributed by atoms with van der Waals surface area (Å²) in [6, 6.07) is 13.6. The van der Waals surface area contributed by atoms with E-state index in [9.17, 15) is 18.0 Å². The summed E-state index contributed by atoms with van der Waals surface area (Å²) >= 11 is 6.80. The van der Waals surface area contributed by atoms with E-state index in [1.54, 1.807) is 31.2 Å². The Labute approximate surface area is 224 Å². The lowest BCUT2D eigenvalue weighted by molar-refractivity contribution is -0.139. The van der Waals surface area contributed by atoms with Gasteiger partial charge in [0, 0.05) is 21.5 Å². The molecule has 1 aliphatic rings. The van der Waals surface area contributed by atoms with E-state index in [4.69, 9.17) is 0 Å². The molecule has 0 saturated heterocycles. The van der Waals surface area contributed by atoms with Gasteiger partial charge in [0.05, 0.1) is 11.9 Å². The topological polar surface area (TPSA) is 86.8 Å². The number of carbonyl (C=O) groups is 2. The van der Waals surface area contributed by atoms with Crippen LogP contribution in [-0.2, 0) is 26.2 Å². The fraction of sp³-hybridized carbons (Fsp3) is 0.440. The molecule has 190 valence electrons. The number of sulfonamides is 1. The lowest BCUT2D eigenvalue weighted by Crippen LogP contribution is -2.52. The summed E-state index contributed by atoms with van der Waals surface area (Å²) in [7, 11) is -3.75. The van der Waals surface area contributed by atoms with Crippen molar-refractivity contribution < 1.29 is 18.0 Å². The zero-order valence-electron chi connectivity index (χ0n) is 19.9. The summed E-state index contributed by atoms with van der Waals surface area (Å²) in [5.41, 5.74) is 1.21. The largest absolute Gasteiger partial charge is 0.352 e. The number of carbonyl (C=O) groups excluding carboxylic acids is 2. The second kappa shape index (κ2) is 12.4. The van der Waals surface area contributed by atoms with Crippen molar-refractivity contribution in [3.8, 4) is 0 Å². The zero-order valence-corrected chi connectivity index (χ0v) is 23.9. The van der Waals surface area contributed by atoms with E-state index in [0.717, 1.165) is 50.8 Å². The van der Waals surface area contributed by atoms with Gasteiger partial charge in [-0.3, -0.25) is 13.9 Å². The Bertz CT molecular complexity index is 1140.